The highest BCUT2D eigenvalue weighted by molar-refractivity contribution is 5.61. The molecule has 0 atom stereocenters. The molecule has 2 heterocycles. The lowest BCUT2D eigenvalue weighted by Crippen LogP contribution is -2.51. The van der Waals surface area contributed by atoms with Gasteiger partial charge in [0.05, 0.1) is 12.2 Å². The summed E-state index contributed by atoms with van der Waals surface area (Å²) in [7, 11) is 0. The summed E-state index contributed by atoms with van der Waals surface area (Å²) in [5.41, 5.74) is 7.54. The summed E-state index contributed by atoms with van der Waals surface area (Å²) in [6.07, 6.45) is 3.37. The van der Waals surface area contributed by atoms with Crippen LogP contribution in [0.4, 0.5) is 11.4 Å². The van der Waals surface area contributed by atoms with E-state index in [2.05, 4.69) is 60.0 Å². The second kappa shape index (κ2) is 7.90. The zero-order chi connectivity index (χ0) is 20.8. The Morgan fingerprint density at radius 3 is 1.57 bits per heavy atom. The predicted molar refractivity (Wildman–Crippen MR) is 123 cm³/mol. The lowest BCUT2D eigenvalue weighted by Gasteiger charge is -2.47. The largest absolute Gasteiger partial charge is 0.392 e. The van der Waals surface area contributed by atoms with Crippen molar-refractivity contribution in [3.05, 3.63) is 58.7 Å². The van der Waals surface area contributed by atoms with Gasteiger partial charge in [-0.15, -0.1) is 0 Å². The highest BCUT2D eigenvalue weighted by Gasteiger charge is 2.50. The van der Waals surface area contributed by atoms with Gasteiger partial charge in [-0.1, -0.05) is 38.1 Å². The molecule has 2 N–H and O–H groups in total. The second-order valence-electron chi connectivity index (χ2n) is 9.28. The SMILES string of the molecule is CCCN1CCc2cc(C3C(O)C(c4ccc5c(c4)CCN5CCC)C3O)ccc21. The molecular formula is C26H34N2O2. The Morgan fingerprint density at radius 1 is 0.733 bits per heavy atom. The summed E-state index contributed by atoms with van der Waals surface area (Å²) in [5.74, 6) is -0.379. The van der Waals surface area contributed by atoms with Gasteiger partial charge in [-0.05, 0) is 60.1 Å². The van der Waals surface area contributed by atoms with Crippen molar-refractivity contribution in [3.63, 3.8) is 0 Å². The van der Waals surface area contributed by atoms with E-state index >= 15 is 0 Å². The quantitative estimate of drug-likeness (QED) is 0.765. The van der Waals surface area contributed by atoms with E-state index in [0.717, 1.165) is 63.0 Å². The van der Waals surface area contributed by atoms with E-state index in [1.165, 1.54) is 22.5 Å². The first-order valence-electron chi connectivity index (χ1n) is 11.7. The molecule has 0 bridgehead atoms. The minimum atomic E-state index is -0.530. The van der Waals surface area contributed by atoms with Crippen molar-refractivity contribution < 1.29 is 10.2 Å². The standard InChI is InChI=1S/C26H34N2O2/c1-3-11-27-13-9-17-15-19(5-7-21(17)27)23-25(29)24(26(23)30)20-6-8-22-18(16-20)10-14-28(22)12-4-2/h5-8,15-16,23-26,29-30H,3-4,9-14H2,1-2H3. The van der Waals surface area contributed by atoms with Gasteiger partial charge in [0.1, 0.15) is 0 Å². The maximum absolute atomic E-state index is 11.0. The van der Waals surface area contributed by atoms with Gasteiger partial charge in [0.15, 0.2) is 0 Å². The van der Waals surface area contributed by atoms with Crippen molar-refractivity contribution in [2.75, 3.05) is 36.0 Å². The number of hydrogen-bond donors (Lipinski definition) is 2. The van der Waals surface area contributed by atoms with Gasteiger partial charge in [-0.2, -0.15) is 0 Å². The zero-order valence-corrected chi connectivity index (χ0v) is 18.2. The van der Waals surface area contributed by atoms with Crippen molar-refractivity contribution in [2.45, 2.75) is 63.6 Å². The van der Waals surface area contributed by atoms with Crippen LogP contribution in [-0.4, -0.2) is 48.6 Å². The molecule has 4 heteroatoms. The van der Waals surface area contributed by atoms with Crippen LogP contribution in [-0.2, 0) is 12.8 Å². The fraction of sp³-hybridized carbons (Fsp3) is 0.538. The third kappa shape index (κ3) is 3.12. The minimum Gasteiger partial charge on any atom is -0.392 e. The molecule has 0 unspecified atom stereocenters. The molecule has 0 saturated heterocycles. The van der Waals surface area contributed by atoms with E-state index in [-0.39, 0.29) is 11.8 Å². The number of aliphatic hydroxyl groups is 2. The van der Waals surface area contributed by atoms with Crippen LogP contribution in [0.2, 0.25) is 0 Å². The Balaban J connectivity index is 1.34. The predicted octanol–water partition coefficient (Wildman–Crippen LogP) is 3.83. The van der Waals surface area contributed by atoms with E-state index in [0.29, 0.717) is 0 Å². The van der Waals surface area contributed by atoms with Crippen LogP contribution in [0, 0.1) is 0 Å². The van der Waals surface area contributed by atoms with Crippen LogP contribution >= 0.6 is 0 Å². The average Bonchev–Trinajstić information content (AvgIpc) is 3.33. The van der Waals surface area contributed by atoms with E-state index in [9.17, 15) is 10.2 Å². The number of fused-ring (bicyclic) bond motifs is 2. The van der Waals surface area contributed by atoms with Crippen LogP contribution < -0.4 is 9.80 Å². The van der Waals surface area contributed by atoms with Gasteiger partial charge in [-0.25, -0.2) is 0 Å². The van der Waals surface area contributed by atoms with Crippen LogP contribution in [0.5, 0.6) is 0 Å². The van der Waals surface area contributed by atoms with Gasteiger partial charge in [-0.3, -0.25) is 0 Å². The van der Waals surface area contributed by atoms with Crippen LogP contribution in [0.3, 0.4) is 0 Å². The lowest BCUT2D eigenvalue weighted by molar-refractivity contribution is -0.0785. The first-order chi connectivity index (χ1) is 14.6. The van der Waals surface area contributed by atoms with Crippen molar-refractivity contribution in [3.8, 4) is 0 Å². The summed E-state index contributed by atoms with van der Waals surface area (Å²) < 4.78 is 0. The fourth-order valence-electron chi connectivity index (χ4n) is 5.89. The van der Waals surface area contributed by atoms with E-state index in [4.69, 9.17) is 0 Å². The smallest absolute Gasteiger partial charge is 0.0727 e. The van der Waals surface area contributed by atoms with Crippen LogP contribution in [0.1, 0.15) is 60.8 Å². The maximum Gasteiger partial charge on any atom is 0.0727 e. The molecule has 30 heavy (non-hydrogen) atoms. The van der Waals surface area contributed by atoms with Gasteiger partial charge < -0.3 is 20.0 Å². The maximum atomic E-state index is 11.0. The lowest BCUT2D eigenvalue weighted by atomic mass is 9.63. The summed E-state index contributed by atoms with van der Waals surface area (Å²) in [5, 5.41) is 22.1. The van der Waals surface area contributed by atoms with Gasteiger partial charge in [0.2, 0.25) is 0 Å². The molecule has 0 aromatic heterocycles. The number of benzene rings is 2. The van der Waals surface area contributed by atoms with Crippen molar-refractivity contribution in [2.24, 2.45) is 0 Å². The molecule has 5 rings (SSSR count). The summed E-state index contributed by atoms with van der Waals surface area (Å²) >= 11 is 0. The number of aliphatic hydroxyl groups excluding tert-OH is 2. The Labute approximate surface area is 180 Å². The zero-order valence-electron chi connectivity index (χ0n) is 18.2. The first-order valence-corrected chi connectivity index (χ1v) is 11.7. The number of hydrogen-bond acceptors (Lipinski definition) is 4. The van der Waals surface area contributed by atoms with E-state index in [1.54, 1.807) is 0 Å². The van der Waals surface area contributed by atoms with Crippen molar-refractivity contribution >= 4 is 11.4 Å². The molecule has 2 aromatic rings. The minimum absolute atomic E-state index is 0.189. The normalized spacial score (nSPS) is 27.2. The Kier molecular flexibility index (Phi) is 5.24. The average molecular weight is 407 g/mol. The number of rotatable bonds is 6. The van der Waals surface area contributed by atoms with Crippen LogP contribution in [0.15, 0.2) is 36.4 Å². The van der Waals surface area contributed by atoms with E-state index in [1.807, 2.05) is 0 Å². The molecule has 0 amide bonds. The molecule has 1 saturated carbocycles. The molecule has 2 aliphatic heterocycles. The summed E-state index contributed by atoms with van der Waals surface area (Å²) in [4.78, 5) is 4.89. The molecule has 2 aromatic carbocycles. The van der Waals surface area contributed by atoms with Crippen LogP contribution in [0.25, 0.3) is 0 Å². The number of nitrogens with zero attached hydrogens (tertiary/aromatic N) is 2. The van der Waals surface area contributed by atoms with Gasteiger partial charge in [0, 0.05) is 49.4 Å². The number of anilines is 2. The summed E-state index contributed by atoms with van der Waals surface area (Å²) in [6, 6.07) is 13.1. The van der Waals surface area contributed by atoms with E-state index < -0.39 is 12.2 Å². The Hall–Kier alpha value is -2.04. The molecular weight excluding hydrogens is 372 g/mol. The molecule has 3 aliphatic rings. The molecule has 1 aliphatic carbocycles. The van der Waals surface area contributed by atoms with Crippen molar-refractivity contribution in [1.82, 2.24) is 0 Å². The highest BCUT2D eigenvalue weighted by Crippen LogP contribution is 2.49. The van der Waals surface area contributed by atoms with Crippen molar-refractivity contribution in [1.29, 1.82) is 0 Å². The molecule has 4 nitrogen and oxygen atoms in total. The first kappa shape index (κ1) is 19.9. The Morgan fingerprint density at radius 2 is 1.17 bits per heavy atom. The van der Waals surface area contributed by atoms with Gasteiger partial charge >= 0.3 is 0 Å². The topological polar surface area (TPSA) is 46.9 Å². The third-order valence-corrected chi connectivity index (χ3v) is 7.42. The Bertz CT molecular complexity index is 844. The molecule has 0 radical (unpaired) electrons. The monoisotopic (exact) mass is 406 g/mol. The fourth-order valence-corrected chi connectivity index (χ4v) is 5.89. The van der Waals surface area contributed by atoms with Gasteiger partial charge in [0.25, 0.3) is 0 Å². The third-order valence-electron chi connectivity index (χ3n) is 7.42. The summed E-state index contributed by atoms with van der Waals surface area (Å²) in [6.45, 7) is 8.78. The molecule has 1 fully saturated rings. The molecule has 0 spiro atoms. The molecule has 160 valence electrons. The highest BCUT2D eigenvalue weighted by atomic mass is 16.3. The second-order valence-corrected chi connectivity index (χ2v) is 9.28.